The van der Waals surface area contributed by atoms with E-state index in [0.29, 0.717) is 18.5 Å². The average Bonchev–Trinajstić information content (AvgIpc) is 3.21. The van der Waals surface area contributed by atoms with E-state index in [-0.39, 0.29) is 12.5 Å². The first kappa shape index (κ1) is 14.5. The lowest BCUT2D eigenvalue weighted by atomic mass is 10.1. The maximum absolute atomic E-state index is 11.7. The Bertz CT molecular complexity index is 471. The largest absolute Gasteiger partial charge is 0.351 e. The van der Waals surface area contributed by atoms with Gasteiger partial charge in [-0.1, -0.05) is 30.3 Å². The van der Waals surface area contributed by atoms with Gasteiger partial charge >= 0.3 is 6.03 Å². The minimum absolute atomic E-state index is 0.190. The molecule has 0 aliphatic heterocycles. The summed E-state index contributed by atoms with van der Waals surface area (Å²) < 4.78 is 0. The molecule has 2 rings (SSSR count). The summed E-state index contributed by atoms with van der Waals surface area (Å²) in [6, 6.07) is 9.55. The standard InChI is InChI=1S/C15H21N3O2/c1-11(13-7-8-13)18(10-14(19)17-15(16)20)9-12-5-3-2-4-6-12/h2-6,11,13H,7-10H2,1H3,(H3,16,17,19,20). The summed E-state index contributed by atoms with van der Waals surface area (Å²) in [5.74, 6) is 0.307. The Morgan fingerprint density at radius 1 is 1.35 bits per heavy atom. The number of nitrogens with zero attached hydrogens (tertiary/aromatic N) is 1. The third-order valence-corrected chi connectivity index (χ3v) is 3.72. The van der Waals surface area contributed by atoms with Crippen LogP contribution in [0.3, 0.4) is 0 Å². The van der Waals surface area contributed by atoms with Crippen LogP contribution in [0.5, 0.6) is 0 Å². The van der Waals surface area contributed by atoms with Gasteiger partial charge in [0.1, 0.15) is 0 Å². The van der Waals surface area contributed by atoms with Crippen molar-refractivity contribution in [2.45, 2.75) is 32.4 Å². The van der Waals surface area contributed by atoms with E-state index in [4.69, 9.17) is 5.73 Å². The van der Waals surface area contributed by atoms with Crippen molar-refractivity contribution in [1.29, 1.82) is 0 Å². The topological polar surface area (TPSA) is 75.4 Å². The van der Waals surface area contributed by atoms with Crippen LogP contribution in [0.25, 0.3) is 0 Å². The summed E-state index contributed by atoms with van der Waals surface area (Å²) in [6.45, 7) is 3.03. The molecule has 0 heterocycles. The van der Waals surface area contributed by atoms with E-state index in [1.165, 1.54) is 12.8 Å². The van der Waals surface area contributed by atoms with E-state index in [9.17, 15) is 9.59 Å². The normalized spacial score (nSPS) is 15.9. The monoisotopic (exact) mass is 275 g/mol. The molecule has 1 unspecified atom stereocenters. The van der Waals surface area contributed by atoms with Crippen molar-refractivity contribution < 1.29 is 9.59 Å². The molecule has 0 aromatic heterocycles. The lowest BCUT2D eigenvalue weighted by molar-refractivity contribution is -0.121. The molecule has 0 radical (unpaired) electrons. The second kappa shape index (κ2) is 6.52. The summed E-state index contributed by atoms with van der Waals surface area (Å²) in [5.41, 5.74) is 6.14. The molecule has 5 nitrogen and oxygen atoms in total. The number of imide groups is 1. The maximum atomic E-state index is 11.7. The van der Waals surface area contributed by atoms with Crippen LogP contribution in [-0.4, -0.2) is 29.4 Å². The highest BCUT2D eigenvalue weighted by Crippen LogP contribution is 2.35. The smallest absolute Gasteiger partial charge is 0.318 e. The molecular weight excluding hydrogens is 254 g/mol. The van der Waals surface area contributed by atoms with Crippen molar-refractivity contribution in [3.63, 3.8) is 0 Å². The van der Waals surface area contributed by atoms with Crippen molar-refractivity contribution in [2.24, 2.45) is 11.7 Å². The molecule has 20 heavy (non-hydrogen) atoms. The van der Waals surface area contributed by atoms with E-state index < -0.39 is 6.03 Å². The van der Waals surface area contributed by atoms with E-state index in [0.717, 1.165) is 5.56 Å². The van der Waals surface area contributed by atoms with Crippen LogP contribution in [0.15, 0.2) is 30.3 Å². The highest BCUT2D eigenvalue weighted by molar-refractivity contribution is 5.94. The molecule has 1 fully saturated rings. The fraction of sp³-hybridized carbons (Fsp3) is 0.467. The Hall–Kier alpha value is -1.88. The van der Waals surface area contributed by atoms with Crippen LogP contribution in [0, 0.1) is 5.92 Å². The SMILES string of the molecule is CC(C1CC1)N(CC(=O)NC(N)=O)Cc1ccccc1. The Kier molecular flexibility index (Phi) is 4.74. The van der Waals surface area contributed by atoms with Gasteiger partial charge in [-0.05, 0) is 31.2 Å². The lowest BCUT2D eigenvalue weighted by Gasteiger charge is -2.28. The van der Waals surface area contributed by atoms with E-state index in [1.807, 2.05) is 30.3 Å². The molecule has 108 valence electrons. The number of primary amides is 1. The number of rotatable bonds is 6. The minimum atomic E-state index is -0.797. The zero-order chi connectivity index (χ0) is 14.5. The quantitative estimate of drug-likeness (QED) is 0.825. The molecule has 1 saturated carbocycles. The van der Waals surface area contributed by atoms with Crippen molar-refractivity contribution in [2.75, 3.05) is 6.54 Å². The van der Waals surface area contributed by atoms with Crippen LogP contribution < -0.4 is 11.1 Å². The summed E-state index contributed by atoms with van der Waals surface area (Å²) in [5, 5.41) is 2.13. The first-order valence-electron chi connectivity index (χ1n) is 6.93. The van der Waals surface area contributed by atoms with Gasteiger partial charge in [0.2, 0.25) is 5.91 Å². The molecule has 1 aliphatic carbocycles. The number of amides is 3. The van der Waals surface area contributed by atoms with Gasteiger partial charge in [0, 0.05) is 12.6 Å². The van der Waals surface area contributed by atoms with Crippen molar-refractivity contribution >= 4 is 11.9 Å². The minimum Gasteiger partial charge on any atom is -0.351 e. The zero-order valence-corrected chi connectivity index (χ0v) is 11.7. The number of hydrogen-bond donors (Lipinski definition) is 2. The second-order valence-electron chi connectivity index (χ2n) is 5.38. The molecule has 1 aromatic carbocycles. The van der Waals surface area contributed by atoms with Crippen LogP contribution in [0.1, 0.15) is 25.3 Å². The predicted molar refractivity (Wildman–Crippen MR) is 76.8 cm³/mol. The summed E-state index contributed by atoms with van der Waals surface area (Å²) in [7, 11) is 0. The number of hydrogen-bond acceptors (Lipinski definition) is 3. The number of benzene rings is 1. The van der Waals surface area contributed by atoms with Crippen molar-refractivity contribution in [3.05, 3.63) is 35.9 Å². The van der Waals surface area contributed by atoms with Crippen LogP contribution in [-0.2, 0) is 11.3 Å². The van der Waals surface area contributed by atoms with Gasteiger partial charge < -0.3 is 5.73 Å². The molecular formula is C15H21N3O2. The van der Waals surface area contributed by atoms with Crippen LogP contribution in [0.2, 0.25) is 0 Å². The predicted octanol–water partition coefficient (Wildman–Crippen LogP) is 1.48. The maximum Gasteiger partial charge on any atom is 0.318 e. The number of urea groups is 1. The number of carbonyl (C=O) groups is 2. The molecule has 1 aromatic rings. The van der Waals surface area contributed by atoms with Gasteiger partial charge in [-0.15, -0.1) is 0 Å². The Morgan fingerprint density at radius 3 is 2.55 bits per heavy atom. The summed E-state index contributed by atoms with van der Waals surface area (Å²) >= 11 is 0. The van der Waals surface area contributed by atoms with Crippen LogP contribution >= 0.6 is 0 Å². The molecule has 1 aliphatic rings. The number of nitrogens with one attached hydrogen (secondary N) is 1. The van der Waals surface area contributed by atoms with Gasteiger partial charge in [0.05, 0.1) is 6.54 Å². The third-order valence-electron chi connectivity index (χ3n) is 3.72. The number of carbonyl (C=O) groups excluding carboxylic acids is 2. The highest BCUT2D eigenvalue weighted by Gasteiger charge is 2.32. The molecule has 0 spiro atoms. The van der Waals surface area contributed by atoms with Gasteiger partial charge in [0.15, 0.2) is 0 Å². The average molecular weight is 275 g/mol. The van der Waals surface area contributed by atoms with E-state index >= 15 is 0 Å². The second-order valence-corrected chi connectivity index (χ2v) is 5.38. The first-order valence-corrected chi connectivity index (χ1v) is 6.93. The highest BCUT2D eigenvalue weighted by atomic mass is 16.2. The van der Waals surface area contributed by atoms with Gasteiger partial charge in [-0.25, -0.2) is 4.79 Å². The summed E-state index contributed by atoms with van der Waals surface area (Å²) in [6.07, 6.45) is 2.42. The summed E-state index contributed by atoms with van der Waals surface area (Å²) in [4.78, 5) is 24.6. The Morgan fingerprint density at radius 2 is 2.00 bits per heavy atom. The molecule has 3 N–H and O–H groups in total. The number of nitrogens with two attached hydrogens (primary N) is 1. The fourth-order valence-electron chi connectivity index (χ4n) is 2.40. The molecule has 3 amide bonds. The Labute approximate surface area is 119 Å². The first-order chi connectivity index (χ1) is 9.56. The fourth-order valence-corrected chi connectivity index (χ4v) is 2.40. The molecule has 1 atom stereocenters. The zero-order valence-electron chi connectivity index (χ0n) is 11.7. The van der Waals surface area contributed by atoms with E-state index in [1.54, 1.807) is 0 Å². The molecule has 5 heteroatoms. The Balaban J connectivity index is 2.00. The van der Waals surface area contributed by atoms with Crippen molar-refractivity contribution in [3.8, 4) is 0 Å². The molecule has 0 bridgehead atoms. The van der Waals surface area contributed by atoms with Crippen molar-refractivity contribution in [1.82, 2.24) is 10.2 Å². The van der Waals surface area contributed by atoms with Gasteiger partial charge in [-0.3, -0.25) is 15.0 Å². The lowest BCUT2D eigenvalue weighted by Crippen LogP contribution is -2.45. The third kappa shape index (κ3) is 4.35. The van der Waals surface area contributed by atoms with E-state index in [2.05, 4.69) is 17.1 Å². The van der Waals surface area contributed by atoms with Crippen LogP contribution in [0.4, 0.5) is 4.79 Å². The molecule has 0 saturated heterocycles. The van der Waals surface area contributed by atoms with Gasteiger partial charge in [0.25, 0.3) is 0 Å². The van der Waals surface area contributed by atoms with Gasteiger partial charge in [-0.2, -0.15) is 0 Å².